The van der Waals surface area contributed by atoms with Crippen LogP contribution in [0.5, 0.6) is 0 Å². The maximum atomic E-state index is 12.3. The fraction of sp³-hybridized carbons (Fsp3) is 0.464. The zero-order valence-electron chi connectivity index (χ0n) is 23.5. The maximum Gasteiger partial charge on any atom is 0.338 e. The highest BCUT2D eigenvalue weighted by atomic mass is 32.2. The number of sulfone groups is 2. The molecule has 10 nitrogen and oxygen atoms in total. The van der Waals surface area contributed by atoms with Crippen molar-refractivity contribution in [3.63, 3.8) is 0 Å². The SMILES string of the molecule is CCc1cc2c(cc1C(=O)N=C(N)N)S(=O)(=O)CC(C)C2.CCc1cc2c(cc1C(=O)OC)S(=O)(=O)CC(C)C2. The Bertz CT molecular complexity index is 1580. The fourth-order valence-electron chi connectivity index (χ4n) is 5.31. The van der Waals surface area contributed by atoms with Crippen molar-refractivity contribution in [2.24, 2.45) is 28.3 Å². The Morgan fingerprint density at radius 3 is 1.65 bits per heavy atom. The van der Waals surface area contributed by atoms with Gasteiger partial charge < -0.3 is 16.2 Å². The molecule has 0 aliphatic carbocycles. The van der Waals surface area contributed by atoms with Gasteiger partial charge in [0.15, 0.2) is 25.6 Å². The Hall–Kier alpha value is -3.25. The van der Waals surface area contributed by atoms with Crippen molar-refractivity contribution in [2.75, 3.05) is 18.6 Å². The van der Waals surface area contributed by atoms with E-state index in [2.05, 4.69) is 4.99 Å². The molecule has 0 aromatic heterocycles. The van der Waals surface area contributed by atoms with Crippen LogP contribution in [0, 0.1) is 11.8 Å². The molecule has 40 heavy (non-hydrogen) atoms. The van der Waals surface area contributed by atoms with E-state index in [4.69, 9.17) is 16.2 Å². The molecule has 218 valence electrons. The van der Waals surface area contributed by atoms with Crippen molar-refractivity contribution in [1.82, 2.24) is 0 Å². The third-order valence-electron chi connectivity index (χ3n) is 7.02. The number of ether oxygens (including phenoxy) is 1. The molecular formula is C28H37N3O7S2. The molecule has 2 unspecified atom stereocenters. The lowest BCUT2D eigenvalue weighted by molar-refractivity contribution is 0.0599. The first-order valence-electron chi connectivity index (χ1n) is 13.1. The van der Waals surface area contributed by atoms with E-state index in [9.17, 15) is 26.4 Å². The Balaban J connectivity index is 0.000000222. The normalized spacial score (nSPS) is 20.1. The summed E-state index contributed by atoms with van der Waals surface area (Å²) in [6.07, 6.45) is 2.70. The number of amides is 1. The molecule has 12 heteroatoms. The largest absolute Gasteiger partial charge is 0.465 e. The number of hydrogen-bond donors (Lipinski definition) is 2. The van der Waals surface area contributed by atoms with Crippen LogP contribution < -0.4 is 11.5 Å². The first kappa shape index (κ1) is 31.3. The average molecular weight is 592 g/mol. The molecule has 0 saturated carbocycles. The molecule has 1 amide bonds. The Morgan fingerprint density at radius 1 is 0.825 bits per heavy atom. The van der Waals surface area contributed by atoms with Crippen molar-refractivity contribution in [3.8, 4) is 0 Å². The molecule has 2 aromatic carbocycles. The second-order valence-electron chi connectivity index (χ2n) is 10.5. The highest BCUT2D eigenvalue weighted by Crippen LogP contribution is 2.32. The Morgan fingerprint density at radius 2 is 1.25 bits per heavy atom. The number of carbonyl (C=O) groups excluding carboxylic acids is 2. The molecule has 0 saturated heterocycles. The number of aryl methyl sites for hydroxylation is 2. The highest BCUT2D eigenvalue weighted by molar-refractivity contribution is 7.91. The summed E-state index contributed by atoms with van der Waals surface area (Å²) in [7, 11) is -5.35. The van der Waals surface area contributed by atoms with Gasteiger partial charge >= 0.3 is 5.97 Å². The molecule has 0 bridgehead atoms. The number of guanidine groups is 1. The van der Waals surface area contributed by atoms with Gasteiger partial charge in [0, 0.05) is 5.56 Å². The summed E-state index contributed by atoms with van der Waals surface area (Å²) >= 11 is 0. The van der Waals surface area contributed by atoms with Gasteiger partial charge in [-0.25, -0.2) is 21.6 Å². The number of carbonyl (C=O) groups is 2. The zero-order chi connectivity index (χ0) is 30.0. The zero-order valence-corrected chi connectivity index (χ0v) is 25.1. The number of hydrogen-bond acceptors (Lipinski definition) is 7. The molecule has 4 rings (SSSR count). The van der Waals surface area contributed by atoms with E-state index in [1.165, 1.54) is 19.2 Å². The minimum absolute atomic E-state index is 0.0754. The van der Waals surface area contributed by atoms with Crippen LogP contribution in [0.4, 0.5) is 0 Å². The van der Waals surface area contributed by atoms with Gasteiger partial charge in [0.25, 0.3) is 5.91 Å². The van der Waals surface area contributed by atoms with Crippen molar-refractivity contribution < 1.29 is 31.2 Å². The standard InChI is InChI=1S/C14H19N3O3S.C14H18O4S/c1-3-9-5-10-4-8(2)7-21(19,20)12(10)6-11(9)13(18)17-14(15)16;1-4-10-6-11-5-9(2)8-19(16,17)13(11)7-12(10)14(15)18-3/h5-6,8H,3-4,7H2,1-2H3,(H4,15,16,17,18);6-7,9H,4-5,8H2,1-3H3. The number of methoxy groups -OCH3 is 1. The van der Waals surface area contributed by atoms with Crippen LogP contribution in [0.15, 0.2) is 39.0 Å². The predicted molar refractivity (Wildman–Crippen MR) is 153 cm³/mol. The molecule has 2 atom stereocenters. The number of nitrogens with zero attached hydrogens (tertiary/aromatic N) is 1. The van der Waals surface area contributed by atoms with Crippen LogP contribution >= 0.6 is 0 Å². The Kier molecular flexibility index (Phi) is 9.46. The molecule has 2 aliphatic rings. The van der Waals surface area contributed by atoms with Gasteiger partial charge in [-0.15, -0.1) is 0 Å². The quantitative estimate of drug-likeness (QED) is 0.307. The second kappa shape index (κ2) is 12.1. The molecule has 0 spiro atoms. The van der Waals surface area contributed by atoms with Gasteiger partial charge in [-0.2, -0.15) is 4.99 Å². The summed E-state index contributed by atoms with van der Waals surface area (Å²) in [6, 6.07) is 6.54. The summed E-state index contributed by atoms with van der Waals surface area (Å²) in [5.74, 6) is -0.987. The summed E-state index contributed by atoms with van der Waals surface area (Å²) in [5.41, 5.74) is 14.2. The smallest absolute Gasteiger partial charge is 0.338 e. The lowest BCUT2D eigenvalue weighted by atomic mass is 9.95. The van der Waals surface area contributed by atoms with Gasteiger partial charge in [0.05, 0.1) is 34.0 Å². The molecule has 2 aliphatic heterocycles. The molecule has 0 radical (unpaired) electrons. The van der Waals surface area contributed by atoms with Gasteiger partial charge in [0.2, 0.25) is 0 Å². The van der Waals surface area contributed by atoms with Crippen LogP contribution in [0.25, 0.3) is 0 Å². The molecular weight excluding hydrogens is 554 g/mol. The topological polar surface area (TPSA) is 176 Å². The van der Waals surface area contributed by atoms with Crippen LogP contribution in [-0.2, 0) is 50.1 Å². The van der Waals surface area contributed by atoms with E-state index >= 15 is 0 Å². The minimum atomic E-state index is -3.36. The number of esters is 1. The van der Waals surface area contributed by atoms with E-state index in [1.807, 2.05) is 33.8 Å². The minimum Gasteiger partial charge on any atom is -0.465 e. The third-order valence-corrected chi connectivity index (χ3v) is 11.1. The summed E-state index contributed by atoms with van der Waals surface area (Å²) in [4.78, 5) is 27.8. The second-order valence-corrected chi connectivity index (χ2v) is 14.5. The van der Waals surface area contributed by atoms with E-state index in [-0.39, 0.29) is 39.8 Å². The summed E-state index contributed by atoms with van der Waals surface area (Å²) in [5, 5.41) is 0. The number of rotatable bonds is 4. The van der Waals surface area contributed by atoms with Gasteiger partial charge in [-0.3, -0.25) is 4.79 Å². The van der Waals surface area contributed by atoms with Crippen LogP contribution in [0.3, 0.4) is 0 Å². The average Bonchev–Trinajstić information content (AvgIpc) is 2.85. The fourth-order valence-corrected chi connectivity index (χ4v) is 9.08. The summed E-state index contributed by atoms with van der Waals surface area (Å²) < 4.78 is 53.7. The number of fused-ring (bicyclic) bond motifs is 2. The maximum absolute atomic E-state index is 12.3. The first-order chi connectivity index (χ1) is 18.6. The predicted octanol–water partition coefficient (Wildman–Crippen LogP) is 2.63. The number of nitrogens with two attached hydrogens (primary N) is 2. The van der Waals surface area contributed by atoms with E-state index < -0.39 is 31.6 Å². The van der Waals surface area contributed by atoms with E-state index in [0.717, 1.165) is 28.7 Å². The van der Waals surface area contributed by atoms with Crippen molar-refractivity contribution in [1.29, 1.82) is 0 Å². The molecule has 2 aromatic rings. The van der Waals surface area contributed by atoms with Crippen LogP contribution in [0.1, 0.15) is 70.7 Å². The summed E-state index contributed by atoms with van der Waals surface area (Å²) in [6.45, 7) is 7.68. The monoisotopic (exact) mass is 591 g/mol. The lowest BCUT2D eigenvalue weighted by Gasteiger charge is -2.23. The third kappa shape index (κ3) is 6.72. The van der Waals surface area contributed by atoms with Crippen LogP contribution in [-0.4, -0.2) is 53.3 Å². The first-order valence-corrected chi connectivity index (χ1v) is 16.4. The van der Waals surface area contributed by atoms with Gasteiger partial charge in [-0.1, -0.05) is 39.8 Å². The van der Waals surface area contributed by atoms with E-state index in [1.54, 1.807) is 6.07 Å². The van der Waals surface area contributed by atoms with Crippen molar-refractivity contribution in [2.45, 2.75) is 63.2 Å². The number of aliphatic imine (C=N–C) groups is 1. The van der Waals surface area contributed by atoms with Gasteiger partial charge in [-0.05, 0) is 71.9 Å². The Labute approximate surface area is 236 Å². The van der Waals surface area contributed by atoms with Gasteiger partial charge in [0.1, 0.15) is 0 Å². The highest BCUT2D eigenvalue weighted by Gasteiger charge is 2.31. The van der Waals surface area contributed by atoms with Crippen molar-refractivity contribution >= 4 is 37.5 Å². The molecule has 0 fully saturated rings. The lowest BCUT2D eigenvalue weighted by Crippen LogP contribution is -2.26. The molecule has 2 heterocycles. The van der Waals surface area contributed by atoms with E-state index in [0.29, 0.717) is 29.7 Å². The number of benzene rings is 2. The van der Waals surface area contributed by atoms with Crippen LogP contribution in [0.2, 0.25) is 0 Å². The molecule has 4 N–H and O–H groups in total. The van der Waals surface area contributed by atoms with Crippen molar-refractivity contribution in [3.05, 3.63) is 57.6 Å².